The first kappa shape index (κ1) is 8.70. The molecule has 0 saturated carbocycles. The van der Waals surface area contributed by atoms with E-state index in [2.05, 4.69) is 22.1 Å². The lowest BCUT2D eigenvalue weighted by atomic mass is 10.1. The van der Waals surface area contributed by atoms with Crippen molar-refractivity contribution in [2.24, 2.45) is 0 Å². The Morgan fingerprint density at radius 2 is 2.15 bits per heavy atom. The summed E-state index contributed by atoms with van der Waals surface area (Å²) < 4.78 is 0. The largest absolute Gasteiger partial charge is 0.299 e. The predicted octanol–water partition coefficient (Wildman–Crippen LogP) is 1.87. The molecule has 0 spiro atoms. The molecule has 0 amide bonds. The van der Waals surface area contributed by atoms with Crippen LogP contribution in [0.25, 0.3) is 0 Å². The normalized spacial score (nSPS) is 18.8. The molecule has 2 heteroatoms. The summed E-state index contributed by atoms with van der Waals surface area (Å²) in [6, 6.07) is 4.08. The maximum absolute atomic E-state index is 4.00. The van der Waals surface area contributed by atoms with Gasteiger partial charge in [-0.05, 0) is 37.6 Å². The van der Waals surface area contributed by atoms with Gasteiger partial charge in [-0.15, -0.1) is 0 Å². The van der Waals surface area contributed by atoms with Crippen LogP contribution >= 0.6 is 0 Å². The summed E-state index contributed by atoms with van der Waals surface area (Å²) in [6.45, 7) is 3.50. The van der Waals surface area contributed by atoms with E-state index in [0.29, 0.717) is 0 Å². The first-order valence-electron chi connectivity index (χ1n) is 4.99. The van der Waals surface area contributed by atoms with Crippen LogP contribution in [0.15, 0.2) is 18.3 Å². The van der Waals surface area contributed by atoms with Crippen molar-refractivity contribution >= 4 is 0 Å². The standard InChI is InChI=1S/C11H15N2/c1-2-7-13(8-3-1)10-11-5-4-6-12-9-11/h4-6H,1-3,7-8,10H2. The molecular weight excluding hydrogens is 160 g/mol. The van der Waals surface area contributed by atoms with E-state index in [-0.39, 0.29) is 0 Å². The molecule has 0 N–H and O–H groups in total. The molecule has 0 aliphatic carbocycles. The molecule has 13 heavy (non-hydrogen) atoms. The Morgan fingerprint density at radius 3 is 2.85 bits per heavy atom. The Morgan fingerprint density at radius 1 is 1.31 bits per heavy atom. The summed E-state index contributed by atoms with van der Waals surface area (Å²) >= 11 is 0. The molecule has 0 aromatic carbocycles. The highest BCUT2D eigenvalue weighted by Crippen LogP contribution is 2.11. The van der Waals surface area contributed by atoms with E-state index in [9.17, 15) is 0 Å². The molecule has 2 nitrogen and oxygen atoms in total. The topological polar surface area (TPSA) is 16.1 Å². The van der Waals surface area contributed by atoms with E-state index in [4.69, 9.17) is 0 Å². The third kappa shape index (κ3) is 2.52. The van der Waals surface area contributed by atoms with Crippen LogP contribution in [0.4, 0.5) is 0 Å². The van der Waals surface area contributed by atoms with Gasteiger partial charge in [0.25, 0.3) is 0 Å². The van der Waals surface area contributed by atoms with Crippen LogP contribution in [0, 0.1) is 6.20 Å². The summed E-state index contributed by atoms with van der Waals surface area (Å²) in [4.78, 5) is 6.48. The molecule has 1 radical (unpaired) electrons. The zero-order valence-electron chi connectivity index (χ0n) is 7.87. The second-order valence-corrected chi connectivity index (χ2v) is 3.61. The van der Waals surface area contributed by atoms with E-state index in [1.54, 1.807) is 6.20 Å². The molecular formula is C11H15N2. The van der Waals surface area contributed by atoms with Crippen LogP contribution in [0.1, 0.15) is 24.8 Å². The molecule has 69 valence electrons. The van der Waals surface area contributed by atoms with Crippen molar-refractivity contribution < 1.29 is 0 Å². The number of piperidine rings is 1. The second kappa shape index (κ2) is 4.38. The van der Waals surface area contributed by atoms with E-state index >= 15 is 0 Å². The quantitative estimate of drug-likeness (QED) is 0.682. The van der Waals surface area contributed by atoms with Gasteiger partial charge in [0, 0.05) is 12.7 Å². The smallest absolute Gasteiger partial charge is 0.0934 e. The summed E-state index contributed by atoms with van der Waals surface area (Å²) in [5.74, 6) is 0. The molecule has 0 atom stereocenters. The van der Waals surface area contributed by atoms with Crippen LogP contribution in [-0.4, -0.2) is 23.0 Å². The zero-order valence-corrected chi connectivity index (χ0v) is 7.87. The highest BCUT2D eigenvalue weighted by molar-refractivity contribution is 5.06. The number of hydrogen-bond acceptors (Lipinski definition) is 2. The molecule has 1 saturated heterocycles. The van der Waals surface area contributed by atoms with Gasteiger partial charge in [-0.25, -0.2) is 0 Å². The van der Waals surface area contributed by atoms with Gasteiger partial charge >= 0.3 is 0 Å². The molecule has 1 aromatic rings. The Hall–Kier alpha value is -0.890. The molecule has 2 heterocycles. The van der Waals surface area contributed by atoms with E-state index < -0.39 is 0 Å². The van der Waals surface area contributed by atoms with Gasteiger partial charge in [0.15, 0.2) is 0 Å². The lowest BCUT2D eigenvalue weighted by molar-refractivity contribution is 0.220. The predicted molar refractivity (Wildman–Crippen MR) is 52.2 cm³/mol. The fourth-order valence-corrected chi connectivity index (χ4v) is 1.81. The van der Waals surface area contributed by atoms with Gasteiger partial charge in [0.1, 0.15) is 0 Å². The Labute approximate surface area is 79.6 Å². The lowest BCUT2D eigenvalue weighted by Gasteiger charge is -2.25. The van der Waals surface area contributed by atoms with Gasteiger partial charge in [0.2, 0.25) is 0 Å². The first-order chi connectivity index (χ1) is 6.45. The highest BCUT2D eigenvalue weighted by atomic mass is 15.1. The summed E-state index contributed by atoms with van der Waals surface area (Å²) in [6.07, 6.45) is 8.89. The van der Waals surface area contributed by atoms with E-state index in [1.807, 2.05) is 6.07 Å². The van der Waals surface area contributed by atoms with Crippen molar-refractivity contribution in [3.8, 4) is 0 Å². The minimum Gasteiger partial charge on any atom is -0.299 e. The van der Waals surface area contributed by atoms with E-state index in [1.165, 1.54) is 37.9 Å². The maximum Gasteiger partial charge on any atom is 0.0934 e. The van der Waals surface area contributed by atoms with Crippen LogP contribution in [0.2, 0.25) is 0 Å². The van der Waals surface area contributed by atoms with Crippen LogP contribution < -0.4 is 0 Å². The molecule has 1 aliphatic heterocycles. The third-order valence-corrected chi connectivity index (χ3v) is 2.51. The lowest BCUT2D eigenvalue weighted by Crippen LogP contribution is -2.29. The van der Waals surface area contributed by atoms with Gasteiger partial charge in [-0.2, -0.15) is 0 Å². The monoisotopic (exact) mass is 175 g/mol. The Bertz CT molecular complexity index is 240. The highest BCUT2D eigenvalue weighted by Gasteiger charge is 2.09. The van der Waals surface area contributed by atoms with Crippen LogP contribution in [-0.2, 0) is 6.54 Å². The molecule has 1 aliphatic rings. The second-order valence-electron chi connectivity index (χ2n) is 3.61. The van der Waals surface area contributed by atoms with Gasteiger partial charge in [-0.1, -0.05) is 12.5 Å². The minimum absolute atomic E-state index is 1.02. The molecule has 1 fully saturated rings. The average molecular weight is 175 g/mol. The van der Waals surface area contributed by atoms with Crippen LogP contribution in [0.5, 0.6) is 0 Å². The van der Waals surface area contributed by atoms with Crippen molar-refractivity contribution in [2.45, 2.75) is 25.8 Å². The van der Waals surface area contributed by atoms with Gasteiger partial charge < -0.3 is 0 Å². The number of nitrogens with zero attached hydrogens (tertiary/aromatic N) is 2. The first-order valence-corrected chi connectivity index (χ1v) is 4.99. The number of pyridine rings is 1. The van der Waals surface area contributed by atoms with Gasteiger partial charge in [-0.3, -0.25) is 9.88 Å². The van der Waals surface area contributed by atoms with Crippen molar-refractivity contribution in [3.63, 3.8) is 0 Å². The third-order valence-electron chi connectivity index (χ3n) is 2.51. The number of hydrogen-bond donors (Lipinski definition) is 0. The SMILES string of the molecule is [c]1ncccc1CN1CCCCC1. The number of rotatable bonds is 2. The van der Waals surface area contributed by atoms with Crippen molar-refractivity contribution in [1.29, 1.82) is 0 Å². The van der Waals surface area contributed by atoms with E-state index in [0.717, 1.165) is 6.54 Å². The fourth-order valence-electron chi connectivity index (χ4n) is 1.81. The molecule has 2 rings (SSSR count). The number of likely N-dealkylation sites (tertiary alicyclic amines) is 1. The van der Waals surface area contributed by atoms with Crippen molar-refractivity contribution in [1.82, 2.24) is 9.88 Å². The van der Waals surface area contributed by atoms with Crippen LogP contribution in [0.3, 0.4) is 0 Å². The number of aromatic nitrogens is 1. The summed E-state index contributed by atoms with van der Waals surface area (Å²) in [5.41, 5.74) is 1.21. The fraction of sp³-hybridized carbons (Fsp3) is 0.545. The van der Waals surface area contributed by atoms with Crippen molar-refractivity contribution in [2.75, 3.05) is 13.1 Å². The maximum atomic E-state index is 4.00. The summed E-state index contributed by atoms with van der Waals surface area (Å²) in [5, 5.41) is 0. The Kier molecular flexibility index (Phi) is 2.93. The minimum atomic E-state index is 1.02. The summed E-state index contributed by atoms with van der Waals surface area (Å²) in [7, 11) is 0. The molecule has 0 bridgehead atoms. The van der Waals surface area contributed by atoms with Crippen molar-refractivity contribution in [3.05, 3.63) is 30.1 Å². The molecule has 0 unspecified atom stereocenters. The molecule has 1 aromatic heterocycles. The Balaban J connectivity index is 1.90. The zero-order chi connectivity index (χ0) is 8.93. The average Bonchev–Trinajstić information content (AvgIpc) is 2.21. The van der Waals surface area contributed by atoms with Gasteiger partial charge in [0.05, 0.1) is 6.20 Å².